The van der Waals surface area contributed by atoms with Crippen LogP contribution in [0, 0.1) is 0 Å². The molecule has 8 heteroatoms. The lowest BCUT2D eigenvalue weighted by Crippen LogP contribution is -2.19. The van der Waals surface area contributed by atoms with E-state index in [9.17, 15) is 0 Å². The van der Waals surface area contributed by atoms with Crippen LogP contribution in [0.1, 0.15) is 11.4 Å². The van der Waals surface area contributed by atoms with Gasteiger partial charge >= 0.3 is 0 Å². The average Bonchev–Trinajstić information content (AvgIpc) is 3.06. The lowest BCUT2D eigenvalue weighted by atomic mass is 10.3. The summed E-state index contributed by atoms with van der Waals surface area (Å²) >= 11 is 6.78. The molecular formula is C13H14BrN5S2. The number of thiophene rings is 2. The SMILES string of the molecule is CN(Cc1csc(Br)c1)Cc1nc(NN)c2ccsc2n1. The fourth-order valence-electron chi connectivity index (χ4n) is 2.12. The number of nitrogens with one attached hydrogen (secondary N) is 1. The number of anilines is 1. The molecule has 3 heterocycles. The minimum absolute atomic E-state index is 0.677. The van der Waals surface area contributed by atoms with Gasteiger partial charge in [-0.3, -0.25) is 4.90 Å². The van der Waals surface area contributed by atoms with Gasteiger partial charge in [0.2, 0.25) is 0 Å². The van der Waals surface area contributed by atoms with E-state index in [1.54, 1.807) is 22.7 Å². The molecule has 0 atom stereocenters. The summed E-state index contributed by atoms with van der Waals surface area (Å²) in [6, 6.07) is 4.11. The second-order valence-electron chi connectivity index (χ2n) is 4.70. The molecule has 3 aromatic heterocycles. The third-order valence-corrected chi connectivity index (χ3v) is 5.35. The molecule has 0 bridgehead atoms. The Bertz CT molecular complexity index is 754. The summed E-state index contributed by atoms with van der Waals surface area (Å²) in [5.74, 6) is 7.00. The van der Waals surface area contributed by atoms with Gasteiger partial charge in [0.05, 0.1) is 15.7 Å². The molecule has 110 valence electrons. The number of rotatable bonds is 5. The zero-order chi connectivity index (χ0) is 14.8. The molecule has 0 amide bonds. The van der Waals surface area contributed by atoms with Gasteiger partial charge in [-0.15, -0.1) is 22.7 Å². The van der Waals surface area contributed by atoms with Gasteiger partial charge < -0.3 is 5.43 Å². The number of aromatic nitrogens is 2. The zero-order valence-electron chi connectivity index (χ0n) is 11.3. The van der Waals surface area contributed by atoms with E-state index in [0.29, 0.717) is 12.4 Å². The van der Waals surface area contributed by atoms with Crippen LogP contribution in [0.25, 0.3) is 10.2 Å². The van der Waals surface area contributed by atoms with E-state index in [1.807, 2.05) is 11.4 Å². The molecule has 0 aliphatic heterocycles. The van der Waals surface area contributed by atoms with E-state index in [-0.39, 0.29) is 0 Å². The van der Waals surface area contributed by atoms with Crippen molar-refractivity contribution in [1.82, 2.24) is 14.9 Å². The first-order valence-corrected chi connectivity index (χ1v) is 8.83. The summed E-state index contributed by atoms with van der Waals surface area (Å²) < 4.78 is 1.15. The molecule has 21 heavy (non-hydrogen) atoms. The molecule has 0 spiro atoms. The van der Waals surface area contributed by atoms with Gasteiger partial charge in [-0.05, 0) is 51.4 Å². The van der Waals surface area contributed by atoms with Gasteiger partial charge in [-0.2, -0.15) is 0 Å². The number of hydrazine groups is 1. The maximum absolute atomic E-state index is 5.55. The predicted octanol–water partition coefficient (Wildman–Crippen LogP) is 3.43. The smallest absolute Gasteiger partial charge is 0.152 e. The van der Waals surface area contributed by atoms with Crippen molar-refractivity contribution in [3.05, 3.63) is 38.1 Å². The van der Waals surface area contributed by atoms with Crippen molar-refractivity contribution in [1.29, 1.82) is 0 Å². The Morgan fingerprint density at radius 2 is 2.19 bits per heavy atom. The number of hydrogen-bond donors (Lipinski definition) is 2. The molecule has 0 fully saturated rings. The Hall–Kier alpha value is -1.06. The van der Waals surface area contributed by atoms with E-state index < -0.39 is 0 Å². The normalized spacial score (nSPS) is 11.4. The number of hydrogen-bond acceptors (Lipinski definition) is 7. The van der Waals surface area contributed by atoms with Gasteiger partial charge in [0.25, 0.3) is 0 Å². The first-order valence-electron chi connectivity index (χ1n) is 6.28. The van der Waals surface area contributed by atoms with Crippen molar-refractivity contribution in [3.8, 4) is 0 Å². The van der Waals surface area contributed by atoms with Crippen molar-refractivity contribution in [2.75, 3.05) is 12.5 Å². The number of nitrogens with zero attached hydrogens (tertiary/aromatic N) is 3. The predicted molar refractivity (Wildman–Crippen MR) is 92.4 cm³/mol. The van der Waals surface area contributed by atoms with Crippen LogP contribution >= 0.6 is 38.6 Å². The quantitative estimate of drug-likeness (QED) is 0.521. The lowest BCUT2D eigenvalue weighted by Gasteiger charge is -2.15. The number of nitrogens with two attached hydrogens (primary N) is 1. The number of fused-ring (bicyclic) bond motifs is 1. The highest BCUT2D eigenvalue weighted by atomic mass is 79.9. The van der Waals surface area contributed by atoms with Crippen molar-refractivity contribution in [2.24, 2.45) is 5.84 Å². The van der Waals surface area contributed by atoms with Crippen LogP contribution in [-0.4, -0.2) is 21.9 Å². The Labute approximate surface area is 138 Å². The van der Waals surface area contributed by atoms with Gasteiger partial charge in [0, 0.05) is 6.54 Å². The Morgan fingerprint density at radius 1 is 1.33 bits per heavy atom. The summed E-state index contributed by atoms with van der Waals surface area (Å²) in [5.41, 5.74) is 3.94. The van der Waals surface area contributed by atoms with Crippen LogP contribution in [-0.2, 0) is 13.1 Å². The highest BCUT2D eigenvalue weighted by Gasteiger charge is 2.10. The van der Waals surface area contributed by atoms with Crippen LogP contribution in [0.5, 0.6) is 0 Å². The van der Waals surface area contributed by atoms with Gasteiger partial charge in [-0.25, -0.2) is 15.8 Å². The molecule has 0 radical (unpaired) electrons. The van der Waals surface area contributed by atoms with Crippen LogP contribution in [0.2, 0.25) is 0 Å². The van der Waals surface area contributed by atoms with E-state index in [0.717, 1.165) is 26.4 Å². The highest BCUT2D eigenvalue weighted by Crippen LogP contribution is 2.25. The van der Waals surface area contributed by atoms with E-state index in [1.165, 1.54) is 5.56 Å². The first-order chi connectivity index (χ1) is 10.2. The molecule has 3 aromatic rings. The maximum atomic E-state index is 5.55. The standard InChI is InChI=1S/C13H14BrN5S2/c1-19(5-8-4-10(14)21-7-8)6-11-16-12(18-15)9-2-3-20-13(9)17-11/h2-4,7H,5-6,15H2,1H3,(H,16,17,18). The molecule has 0 saturated carbocycles. The highest BCUT2D eigenvalue weighted by molar-refractivity contribution is 9.11. The fourth-order valence-corrected chi connectivity index (χ4v) is 4.10. The summed E-state index contributed by atoms with van der Waals surface area (Å²) in [7, 11) is 2.06. The van der Waals surface area contributed by atoms with Crippen molar-refractivity contribution in [3.63, 3.8) is 0 Å². The molecule has 5 nitrogen and oxygen atoms in total. The molecule has 0 aromatic carbocycles. The lowest BCUT2D eigenvalue weighted by molar-refractivity contribution is 0.311. The molecule has 0 aliphatic rings. The number of nitrogen functional groups attached to an aromatic ring is 1. The largest absolute Gasteiger partial charge is 0.308 e. The molecule has 3 N–H and O–H groups in total. The van der Waals surface area contributed by atoms with Gasteiger partial charge in [-0.1, -0.05) is 0 Å². The minimum atomic E-state index is 0.677. The minimum Gasteiger partial charge on any atom is -0.308 e. The van der Waals surface area contributed by atoms with E-state index >= 15 is 0 Å². The van der Waals surface area contributed by atoms with Crippen LogP contribution in [0.4, 0.5) is 5.82 Å². The summed E-state index contributed by atoms with van der Waals surface area (Å²) in [6.07, 6.45) is 0. The third kappa shape index (κ3) is 3.41. The van der Waals surface area contributed by atoms with Crippen LogP contribution in [0.15, 0.2) is 26.7 Å². The monoisotopic (exact) mass is 383 g/mol. The van der Waals surface area contributed by atoms with Crippen molar-refractivity contribution < 1.29 is 0 Å². The molecule has 0 unspecified atom stereocenters. The Balaban J connectivity index is 1.77. The molecular weight excluding hydrogens is 370 g/mol. The third-order valence-electron chi connectivity index (χ3n) is 2.99. The van der Waals surface area contributed by atoms with Crippen LogP contribution in [0.3, 0.4) is 0 Å². The Morgan fingerprint density at radius 3 is 2.90 bits per heavy atom. The topological polar surface area (TPSA) is 67.1 Å². The summed E-state index contributed by atoms with van der Waals surface area (Å²) in [5, 5.41) is 5.11. The van der Waals surface area contributed by atoms with Crippen molar-refractivity contribution >= 4 is 54.6 Å². The Kier molecular flexibility index (Phi) is 4.51. The summed E-state index contributed by atoms with van der Waals surface area (Å²) in [4.78, 5) is 12.2. The molecule has 0 saturated heterocycles. The molecule has 3 rings (SSSR count). The average molecular weight is 384 g/mol. The van der Waals surface area contributed by atoms with Gasteiger partial charge in [0.1, 0.15) is 10.7 Å². The molecule has 0 aliphatic carbocycles. The van der Waals surface area contributed by atoms with E-state index in [2.05, 4.69) is 54.7 Å². The fraction of sp³-hybridized carbons (Fsp3) is 0.231. The first kappa shape index (κ1) is 14.9. The maximum Gasteiger partial charge on any atom is 0.152 e. The second kappa shape index (κ2) is 6.37. The van der Waals surface area contributed by atoms with Crippen LogP contribution < -0.4 is 11.3 Å². The van der Waals surface area contributed by atoms with Gasteiger partial charge in [0.15, 0.2) is 5.82 Å². The summed E-state index contributed by atoms with van der Waals surface area (Å²) in [6.45, 7) is 1.54. The van der Waals surface area contributed by atoms with E-state index in [4.69, 9.17) is 5.84 Å². The second-order valence-corrected chi connectivity index (χ2v) is 7.89. The number of halogens is 1. The van der Waals surface area contributed by atoms with Crippen molar-refractivity contribution in [2.45, 2.75) is 13.1 Å². The zero-order valence-corrected chi connectivity index (χ0v) is 14.6.